The van der Waals surface area contributed by atoms with Gasteiger partial charge in [0.1, 0.15) is 0 Å². The topological polar surface area (TPSA) is 24.1 Å². The molecule has 12 heavy (non-hydrogen) atoms. The molecule has 2 nitrogen and oxygen atoms in total. The molecule has 1 heterocycles. The zero-order chi connectivity index (χ0) is 8.39. The highest BCUT2D eigenvalue weighted by Crippen LogP contribution is 2.25. The number of likely N-dealkylation sites (N-methyl/N-ethyl adjacent to an activating group) is 1. The minimum atomic E-state index is 0.498. The Kier molecular flexibility index (Phi) is 2.00. The molecule has 2 unspecified atom stereocenters. The average Bonchev–Trinajstić information content (AvgIpc) is 2.50. The van der Waals surface area contributed by atoms with Crippen LogP contribution in [0.15, 0.2) is 36.1 Å². The number of fused-ring (bicyclic) bond motifs is 1. The van der Waals surface area contributed by atoms with Crippen molar-refractivity contribution in [3.63, 3.8) is 0 Å². The van der Waals surface area contributed by atoms with Gasteiger partial charge in [-0.05, 0) is 18.8 Å². The Balaban J connectivity index is 2.10. The van der Waals surface area contributed by atoms with Crippen LogP contribution >= 0.6 is 0 Å². The Morgan fingerprint density at radius 1 is 1.42 bits per heavy atom. The number of allylic oxidation sites excluding steroid dienone is 2. The van der Waals surface area contributed by atoms with Crippen LogP contribution in [0.4, 0.5) is 0 Å². The van der Waals surface area contributed by atoms with Gasteiger partial charge in [0.15, 0.2) is 0 Å². The Morgan fingerprint density at radius 2 is 2.25 bits per heavy atom. The number of hydrogen-bond acceptors (Lipinski definition) is 2. The summed E-state index contributed by atoms with van der Waals surface area (Å²) in [6.45, 7) is 0.979. The van der Waals surface area contributed by atoms with E-state index in [0.717, 1.165) is 6.54 Å². The first-order chi connectivity index (χ1) is 5.92. The van der Waals surface area contributed by atoms with Gasteiger partial charge in [-0.3, -0.25) is 0 Å². The highest BCUT2D eigenvalue weighted by molar-refractivity contribution is 5.31. The van der Waals surface area contributed by atoms with E-state index in [-0.39, 0.29) is 0 Å². The molecule has 0 saturated carbocycles. The first kappa shape index (κ1) is 7.62. The lowest BCUT2D eigenvalue weighted by molar-refractivity contribution is 0.618. The van der Waals surface area contributed by atoms with E-state index >= 15 is 0 Å². The fourth-order valence-electron chi connectivity index (χ4n) is 1.79. The SMILES string of the molecule is CNCC1=CNC2C=CC=CC12. The zero-order valence-electron chi connectivity index (χ0n) is 7.25. The molecule has 2 rings (SSSR count). The van der Waals surface area contributed by atoms with Gasteiger partial charge in [0, 0.05) is 12.5 Å². The fourth-order valence-corrected chi connectivity index (χ4v) is 1.79. The van der Waals surface area contributed by atoms with Gasteiger partial charge in [-0.15, -0.1) is 0 Å². The first-order valence-corrected chi connectivity index (χ1v) is 4.36. The maximum Gasteiger partial charge on any atom is 0.0543 e. The normalized spacial score (nSPS) is 31.2. The van der Waals surface area contributed by atoms with Crippen LogP contribution in [0.25, 0.3) is 0 Å². The smallest absolute Gasteiger partial charge is 0.0543 e. The third kappa shape index (κ3) is 1.18. The van der Waals surface area contributed by atoms with Crippen molar-refractivity contribution in [1.29, 1.82) is 0 Å². The van der Waals surface area contributed by atoms with Crippen molar-refractivity contribution in [2.45, 2.75) is 6.04 Å². The molecule has 0 aromatic carbocycles. The molecule has 2 N–H and O–H groups in total. The standard InChI is InChI=1S/C10H14N2/c1-11-6-8-7-12-10-5-3-2-4-9(8)10/h2-5,7,9-12H,6H2,1H3. The van der Waals surface area contributed by atoms with Crippen LogP contribution in [0.2, 0.25) is 0 Å². The number of rotatable bonds is 2. The van der Waals surface area contributed by atoms with E-state index in [1.54, 1.807) is 0 Å². The molecule has 64 valence electrons. The third-order valence-electron chi connectivity index (χ3n) is 2.41. The van der Waals surface area contributed by atoms with Crippen molar-refractivity contribution >= 4 is 0 Å². The van der Waals surface area contributed by atoms with E-state index in [1.165, 1.54) is 5.57 Å². The summed E-state index contributed by atoms with van der Waals surface area (Å²) < 4.78 is 0. The molecule has 0 fully saturated rings. The quantitative estimate of drug-likeness (QED) is 0.627. The molecule has 0 saturated heterocycles. The van der Waals surface area contributed by atoms with E-state index in [2.05, 4.69) is 41.1 Å². The van der Waals surface area contributed by atoms with Crippen LogP contribution in [0.5, 0.6) is 0 Å². The lowest BCUT2D eigenvalue weighted by atomic mass is 9.91. The molecule has 2 atom stereocenters. The zero-order valence-corrected chi connectivity index (χ0v) is 7.25. The predicted octanol–water partition coefficient (Wildman–Crippen LogP) is 0.804. The lowest BCUT2D eigenvalue weighted by Crippen LogP contribution is -2.26. The maximum absolute atomic E-state index is 3.35. The summed E-state index contributed by atoms with van der Waals surface area (Å²) in [5.74, 6) is 0.572. The minimum absolute atomic E-state index is 0.498. The fraction of sp³-hybridized carbons (Fsp3) is 0.400. The number of hydrogen-bond donors (Lipinski definition) is 2. The van der Waals surface area contributed by atoms with Crippen LogP contribution < -0.4 is 10.6 Å². The summed E-state index contributed by atoms with van der Waals surface area (Å²) in [5.41, 5.74) is 1.45. The monoisotopic (exact) mass is 162 g/mol. The summed E-state index contributed by atoms with van der Waals surface area (Å²) in [4.78, 5) is 0. The van der Waals surface area contributed by atoms with Gasteiger partial charge < -0.3 is 10.6 Å². The van der Waals surface area contributed by atoms with Crippen molar-refractivity contribution in [3.05, 3.63) is 36.1 Å². The van der Waals surface area contributed by atoms with Gasteiger partial charge in [-0.1, -0.05) is 24.3 Å². The van der Waals surface area contributed by atoms with E-state index in [9.17, 15) is 0 Å². The van der Waals surface area contributed by atoms with E-state index in [0.29, 0.717) is 12.0 Å². The van der Waals surface area contributed by atoms with Gasteiger partial charge in [-0.25, -0.2) is 0 Å². The highest BCUT2D eigenvalue weighted by atomic mass is 14.9. The molecule has 1 aliphatic heterocycles. The molecule has 0 aromatic rings. The molecular weight excluding hydrogens is 148 g/mol. The van der Waals surface area contributed by atoms with Crippen LogP contribution in [0, 0.1) is 5.92 Å². The Labute approximate surface area is 73.0 Å². The second-order valence-electron chi connectivity index (χ2n) is 3.24. The minimum Gasteiger partial charge on any atom is -0.384 e. The van der Waals surface area contributed by atoms with Gasteiger partial charge in [0.05, 0.1) is 6.04 Å². The van der Waals surface area contributed by atoms with Crippen molar-refractivity contribution in [1.82, 2.24) is 10.6 Å². The predicted molar refractivity (Wildman–Crippen MR) is 50.7 cm³/mol. The molecule has 2 aliphatic rings. The van der Waals surface area contributed by atoms with Crippen molar-refractivity contribution in [2.75, 3.05) is 13.6 Å². The number of nitrogens with one attached hydrogen (secondary N) is 2. The summed E-state index contributed by atoms with van der Waals surface area (Å²) in [7, 11) is 1.98. The van der Waals surface area contributed by atoms with Crippen LogP contribution in [0.1, 0.15) is 0 Å². The Morgan fingerprint density at radius 3 is 3.08 bits per heavy atom. The second-order valence-corrected chi connectivity index (χ2v) is 3.24. The summed E-state index contributed by atoms with van der Waals surface area (Å²) in [5, 5.41) is 6.53. The van der Waals surface area contributed by atoms with E-state index in [4.69, 9.17) is 0 Å². The van der Waals surface area contributed by atoms with Crippen LogP contribution in [-0.4, -0.2) is 19.6 Å². The molecule has 0 amide bonds. The van der Waals surface area contributed by atoms with E-state index in [1.807, 2.05) is 7.05 Å². The molecule has 2 heteroatoms. The molecule has 0 radical (unpaired) electrons. The van der Waals surface area contributed by atoms with Crippen LogP contribution in [0.3, 0.4) is 0 Å². The maximum atomic E-state index is 3.35. The molecule has 1 aliphatic carbocycles. The summed E-state index contributed by atoms with van der Waals surface area (Å²) in [6, 6.07) is 0.498. The van der Waals surface area contributed by atoms with Gasteiger partial charge in [0.2, 0.25) is 0 Å². The van der Waals surface area contributed by atoms with Crippen molar-refractivity contribution < 1.29 is 0 Å². The second kappa shape index (κ2) is 3.15. The van der Waals surface area contributed by atoms with Crippen molar-refractivity contribution in [3.8, 4) is 0 Å². The Hall–Kier alpha value is -1.02. The largest absolute Gasteiger partial charge is 0.384 e. The van der Waals surface area contributed by atoms with Crippen LogP contribution in [-0.2, 0) is 0 Å². The average molecular weight is 162 g/mol. The lowest BCUT2D eigenvalue weighted by Gasteiger charge is -2.18. The Bertz CT molecular complexity index is 251. The molecule has 0 spiro atoms. The molecule has 0 aromatic heterocycles. The highest BCUT2D eigenvalue weighted by Gasteiger charge is 2.25. The van der Waals surface area contributed by atoms with Gasteiger partial charge in [0.25, 0.3) is 0 Å². The van der Waals surface area contributed by atoms with Gasteiger partial charge >= 0.3 is 0 Å². The van der Waals surface area contributed by atoms with Crippen molar-refractivity contribution in [2.24, 2.45) is 5.92 Å². The third-order valence-corrected chi connectivity index (χ3v) is 2.41. The first-order valence-electron chi connectivity index (χ1n) is 4.36. The molecule has 0 bridgehead atoms. The van der Waals surface area contributed by atoms with Gasteiger partial charge in [-0.2, -0.15) is 0 Å². The summed E-state index contributed by atoms with van der Waals surface area (Å²) in [6.07, 6.45) is 10.8. The summed E-state index contributed by atoms with van der Waals surface area (Å²) >= 11 is 0. The molecular formula is C10H14N2. The van der Waals surface area contributed by atoms with E-state index < -0.39 is 0 Å².